The Balaban J connectivity index is 1.72. The highest BCUT2D eigenvalue weighted by molar-refractivity contribution is 5.98. The summed E-state index contributed by atoms with van der Waals surface area (Å²) in [7, 11) is 0. The fourth-order valence-corrected chi connectivity index (χ4v) is 2.76. The number of carbonyl (C=O) groups excluding carboxylic acids is 2. The van der Waals surface area contributed by atoms with Gasteiger partial charge in [0.05, 0.1) is 0 Å². The van der Waals surface area contributed by atoms with Gasteiger partial charge in [0.2, 0.25) is 5.91 Å². The molecule has 1 heterocycles. The number of amides is 2. The molecule has 0 unspecified atom stereocenters. The number of hydrogen-bond donors (Lipinski definition) is 1. The molecule has 2 aromatic rings. The van der Waals surface area contributed by atoms with Crippen molar-refractivity contribution in [2.24, 2.45) is 0 Å². The number of fused-ring (bicyclic) bond motifs is 1. The third-order valence-electron chi connectivity index (χ3n) is 4.05. The van der Waals surface area contributed by atoms with E-state index in [-0.39, 0.29) is 11.8 Å². The quantitative estimate of drug-likeness (QED) is 0.903. The highest BCUT2D eigenvalue weighted by Gasteiger charge is 2.24. The van der Waals surface area contributed by atoms with E-state index in [1.54, 1.807) is 9.80 Å². The van der Waals surface area contributed by atoms with Gasteiger partial charge in [0, 0.05) is 31.7 Å². The minimum atomic E-state index is -0.474. The van der Waals surface area contributed by atoms with Crippen LogP contribution in [0.2, 0.25) is 0 Å². The molecular weight excluding hydrogens is 280 g/mol. The van der Waals surface area contributed by atoms with Gasteiger partial charge in [-0.1, -0.05) is 30.3 Å². The van der Waals surface area contributed by atoms with Crippen LogP contribution in [0, 0.1) is 0 Å². The summed E-state index contributed by atoms with van der Waals surface area (Å²) in [6.45, 7) is 1.46. The van der Waals surface area contributed by atoms with Crippen LogP contribution in [0.3, 0.4) is 0 Å². The standard InChI is InChI=1S/C17H18N2O3/c20-12-16(21)18-7-9-19(10-8-18)17(22)15-6-5-13-3-1-2-4-14(13)11-15/h1-6,11,20H,7-10,12H2. The molecule has 2 aromatic carbocycles. The molecule has 0 aliphatic carbocycles. The number of rotatable bonds is 2. The molecule has 0 radical (unpaired) electrons. The lowest BCUT2D eigenvalue weighted by Crippen LogP contribution is -2.51. The lowest BCUT2D eigenvalue weighted by atomic mass is 10.1. The van der Waals surface area contributed by atoms with E-state index in [0.29, 0.717) is 31.7 Å². The Hall–Kier alpha value is -2.40. The minimum Gasteiger partial charge on any atom is -0.387 e. The zero-order valence-electron chi connectivity index (χ0n) is 12.2. The second-order valence-electron chi connectivity index (χ2n) is 5.39. The van der Waals surface area contributed by atoms with Crippen LogP contribution in [-0.2, 0) is 4.79 Å². The van der Waals surface area contributed by atoms with E-state index in [9.17, 15) is 9.59 Å². The molecule has 114 valence electrons. The maximum Gasteiger partial charge on any atom is 0.253 e. The Morgan fingerprint density at radius 3 is 2.23 bits per heavy atom. The fourth-order valence-electron chi connectivity index (χ4n) is 2.76. The zero-order valence-corrected chi connectivity index (χ0v) is 12.2. The molecule has 5 heteroatoms. The Labute approximate surface area is 128 Å². The van der Waals surface area contributed by atoms with Crippen LogP contribution in [0.5, 0.6) is 0 Å². The highest BCUT2D eigenvalue weighted by atomic mass is 16.3. The summed E-state index contributed by atoms with van der Waals surface area (Å²) in [5.41, 5.74) is 0.667. The third-order valence-corrected chi connectivity index (χ3v) is 4.05. The average molecular weight is 298 g/mol. The summed E-state index contributed by atoms with van der Waals surface area (Å²) in [6.07, 6.45) is 0. The summed E-state index contributed by atoms with van der Waals surface area (Å²) in [5.74, 6) is -0.292. The van der Waals surface area contributed by atoms with Gasteiger partial charge < -0.3 is 14.9 Å². The van der Waals surface area contributed by atoms with Gasteiger partial charge >= 0.3 is 0 Å². The van der Waals surface area contributed by atoms with Crippen molar-refractivity contribution >= 4 is 22.6 Å². The lowest BCUT2D eigenvalue weighted by Gasteiger charge is -2.34. The van der Waals surface area contributed by atoms with E-state index >= 15 is 0 Å². The van der Waals surface area contributed by atoms with E-state index in [4.69, 9.17) is 5.11 Å². The minimum absolute atomic E-state index is 0.0122. The molecule has 22 heavy (non-hydrogen) atoms. The third kappa shape index (κ3) is 2.80. The number of benzene rings is 2. The lowest BCUT2D eigenvalue weighted by molar-refractivity contribution is -0.135. The molecule has 1 saturated heterocycles. The second kappa shape index (κ2) is 6.15. The van der Waals surface area contributed by atoms with Crippen molar-refractivity contribution in [1.29, 1.82) is 0 Å². The summed E-state index contributed by atoms with van der Waals surface area (Å²) in [5, 5.41) is 11.0. The number of aliphatic hydroxyl groups is 1. The summed E-state index contributed by atoms with van der Waals surface area (Å²) < 4.78 is 0. The first-order valence-electron chi connectivity index (χ1n) is 7.36. The van der Waals surface area contributed by atoms with E-state index in [0.717, 1.165) is 10.8 Å². The van der Waals surface area contributed by atoms with Crippen LogP contribution < -0.4 is 0 Å². The number of hydrogen-bond acceptors (Lipinski definition) is 3. The van der Waals surface area contributed by atoms with Crippen LogP contribution >= 0.6 is 0 Å². The Bertz CT molecular complexity index is 706. The smallest absolute Gasteiger partial charge is 0.253 e. The predicted octanol–water partition coefficient (Wildman–Crippen LogP) is 1.12. The number of piperazine rings is 1. The van der Waals surface area contributed by atoms with Gasteiger partial charge in [-0.2, -0.15) is 0 Å². The Morgan fingerprint density at radius 2 is 1.55 bits per heavy atom. The van der Waals surface area contributed by atoms with Crippen LogP contribution in [0.15, 0.2) is 42.5 Å². The molecule has 0 spiro atoms. The first kappa shape index (κ1) is 14.5. The zero-order chi connectivity index (χ0) is 15.5. The van der Waals surface area contributed by atoms with E-state index in [1.807, 2.05) is 42.5 Å². The van der Waals surface area contributed by atoms with E-state index < -0.39 is 6.61 Å². The average Bonchev–Trinajstić information content (AvgIpc) is 2.60. The summed E-state index contributed by atoms with van der Waals surface area (Å²) >= 11 is 0. The summed E-state index contributed by atoms with van der Waals surface area (Å²) in [6, 6.07) is 13.6. The normalized spacial score (nSPS) is 15.1. The van der Waals surface area contributed by atoms with E-state index in [1.165, 1.54) is 0 Å². The maximum atomic E-state index is 12.6. The molecule has 0 aromatic heterocycles. The monoisotopic (exact) mass is 298 g/mol. The second-order valence-corrected chi connectivity index (χ2v) is 5.39. The fraction of sp³-hybridized carbons (Fsp3) is 0.294. The van der Waals surface area contributed by atoms with Crippen molar-refractivity contribution in [3.05, 3.63) is 48.0 Å². The van der Waals surface area contributed by atoms with Gasteiger partial charge in [0.1, 0.15) is 6.61 Å². The maximum absolute atomic E-state index is 12.6. The molecule has 3 rings (SSSR count). The topological polar surface area (TPSA) is 60.9 Å². The van der Waals surface area contributed by atoms with Crippen LogP contribution in [0.1, 0.15) is 10.4 Å². The number of nitrogens with zero attached hydrogens (tertiary/aromatic N) is 2. The Morgan fingerprint density at radius 1 is 0.909 bits per heavy atom. The van der Waals surface area contributed by atoms with Gasteiger partial charge in [-0.3, -0.25) is 9.59 Å². The van der Waals surface area contributed by atoms with Crippen LogP contribution in [0.4, 0.5) is 0 Å². The molecule has 0 bridgehead atoms. The van der Waals surface area contributed by atoms with Crippen molar-refractivity contribution in [2.75, 3.05) is 32.8 Å². The van der Waals surface area contributed by atoms with E-state index in [2.05, 4.69) is 0 Å². The number of aliphatic hydroxyl groups excluding tert-OH is 1. The molecule has 1 aliphatic rings. The van der Waals surface area contributed by atoms with Crippen LogP contribution in [0.25, 0.3) is 10.8 Å². The predicted molar refractivity (Wildman–Crippen MR) is 83.5 cm³/mol. The van der Waals surface area contributed by atoms with Gasteiger partial charge in [-0.25, -0.2) is 0 Å². The van der Waals surface area contributed by atoms with Crippen molar-refractivity contribution in [3.63, 3.8) is 0 Å². The first-order valence-corrected chi connectivity index (χ1v) is 7.36. The molecule has 1 fully saturated rings. The van der Waals surface area contributed by atoms with Gasteiger partial charge in [0.25, 0.3) is 5.91 Å². The molecular formula is C17H18N2O3. The molecule has 1 N–H and O–H groups in total. The van der Waals surface area contributed by atoms with Crippen molar-refractivity contribution in [3.8, 4) is 0 Å². The molecule has 0 saturated carbocycles. The van der Waals surface area contributed by atoms with Crippen molar-refractivity contribution < 1.29 is 14.7 Å². The summed E-state index contributed by atoms with van der Waals surface area (Å²) in [4.78, 5) is 27.3. The molecule has 1 aliphatic heterocycles. The molecule has 5 nitrogen and oxygen atoms in total. The molecule has 0 atom stereocenters. The number of carbonyl (C=O) groups is 2. The van der Waals surface area contributed by atoms with Gasteiger partial charge in [0.15, 0.2) is 0 Å². The Kier molecular flexibility index (Phi) is 4.06. The van der Waals surface area contributed by atoms with Crippen molar-refractivity contribution in [2.45, 2.75) is 0 Å². The highest BCUT2D eigenvalue weighted by Crippen LogP contribution is 2.17. The van der Waals surface area contributed by atoms with Crippen molar-refractivity contribution in [1.82, 2.24) is 9.80 Å². The first-order chi connectivity index (χ1) is 10.7. The molecule has 2 amide bonds. The van der Waals surface area contributed by atoms with Gasteiger partial charge in [-0.05, 0) is 22.9 Å². The SMILES string of the molecule is O=C(CO)N1CCN(C(=O)c2ccc3ccccc3c2)CC1. The van der Waals surface area contributed by atoms with Crippen LogP contribution in [-0.4, -0.2) is 59.5 Å². The largest absolute Gasteiger partial charge is 0.387 e. The van der Waals surface area contributed by atoms with Gasteiger partial charge in [-0.15, -0.1) is 0 Å².